The number of fused-ring (bicyclic) bond motifs is 1. The van der Waals surface area contributed by atoms with Crippen molar-refractivity contribution < 1.29 is 28.7 Å². The van der Waals surface area contributed by atoms with Gasteiger partial charge in [-0.2, -0.15) is 4.98 Å². The zero-order valence-corrected chi connectivity index (χ0v) is 13.3. The average Bonchev–Trinajstić information content (AvgIpc) is 2.95. The molecule has 124 valence electrons. The molecule has 1 aromatic heterocycles. The van der Waals surface area contributed by atoms with E-state index in [1.165, 1.54) is 7.11 Å². The summed E-state index contributed by atoms with van der Waals surface area (Å²) in [5, 5.41) is 9.62. The fourth-order valence-corrected chi connectivity index (χ4v) is 2.39. The van der Waals surface area contributed by atoms with E-state index in [1.54, 1.807) is 37.3 Å². The van der Waals surface area contributed by atoms with Crippen LogP contribution in [0.5, 0.6) is 17.5 Å². The van der Waals surface area contributed by atoms with Crippen LogP contribution in [-0.4, -0.2) is 36.8 Å². The van der Waals surface area contributed by atoms with E-state index in [0.29, 0.717) is 12.4 Å². The molecular formula is C16H16BNO6. The summed E-state index contributed by atoms with van der Waals surface area (Å²) < 4.78 is 20.9. The van der Waals surface area contributed by atoms with E-state index in [4.69, 9.17) is 18.9 Å². The third kappa shape index (κ3) is 3.20. The predicted molar refractivity (Wildman–Crippen MR) is 85.7 cm³/mol. The highest BCUT2D eigenvalue weighted by molar-refractivity contribution is 6.61. The number of aromatic nitrogens is 1. The van der Waals surface area contributed by atoms with Crippen LogP contribution in [0, 0.1) is 0 Å². The summed E-state index contributed by atoms with van der Waals surface area (Å²) in [4.78, 5) is 16.0. The number of carbonyl (C=O) groups is 1. The van der Waals surface area contributed by atoms with Crippen molar-refractivity contribution in [1.82, 2.24) is 4.98 Å². The molecule has 1 aliphatic heterocycles. The number of ether oxygens (including phenoxy) is 3. The molecular weight excluding hydrogens is 313 g/mol. The molecule has 0 radical (unpaired) electrons. The van der Waals surface area contributed by atoms with Gasteiger partial charge < -0.3 is 23.9 Å². The second-order valence-corrected chi connectivity index (χ2v) is 5.05. The minimum absolute atomic E-state index is 0.130. The molecule has 0 spiro atoms. The summed E-state index contributed by atoms with van der Waals surface area (Å²) in [5.74, 6) is 0.451. The topological polar surface area (TPSA) is 87.1 Å². The number of hydrogen-bond donors (Lipinski definition) is 1. The average molecular weight is 329 g/mol. The molecule has 0 saturated heterocycles. The van der Waals surface area contributed by atoms with Gasteiger partial charge in [-0.3, -0.25) is 0 Å². The molecule has 0 unspecified atom stereocenters. The van der Waals surface area contributed by atoms with Gasteiger partial charge in [-0.05, 0) is 36.1 Å². The summed E-state index contributed by atoms with van der Waals surface area (Å²) in [6, 6.07) is 8.34. The number of pyridine rings is 1. The number of esters is 1. The number of carbonyl (C=O) groups excluding carboxylic acids is 1. The van der Waals surface area contributed by atoms with E-state index in [9.17, 15) is 9.82 Å². The van der Waals surface area contributed by atoms with Crippen LogP contribution >= 0.6 is 0 Å². The largest absolute Gasteiger partial charge is 0.491 e. The van der Waals surface area contributed by atoms with E-state index >= 15 is 0 Å². The van der Waals surface area contributed by atoms with Crippen molar-refractivity contribution in [2.24, 2.45) is 0 Å². The molecule has 1 N–H and O–H groups in total. The van der Waals surface area contributed by atoms with E-state index < -0.39 is 13.1 Å². The Balaban J connectivity index is 1.82. The Hall–Kier alpha value is -2.58. The lowest BCUT2D eigenvalue weighted by atomic mass is 9.80. The lowest BCUT2D eigenvalue weighted by molar-refractivity contribution is 0.0521. The summed E-state index contributed by atoms with van der Waals surface area (Å²) in [5.41, 5.74) is 1.82. The third-order valence-electron chi connectivity index (χ3n) is 3.52. The second-order valence-electron chi connectivity index (χ2n) is 5.05. The highest BCUT2D eigenvalue weighted by atomic mass is 16.5. The Morgan fingerprint density at radius 3 is 2.96 bits per heavy atom. The van der Waals surface area contributed by atoms with Crippen molar-refractivity contribution in [3.05, 3.63) is 41.5 Å². The van der Waals surface area contributed by atoms with Gasteiger partial charge in [0.1, 0.15) is 11.3 Å². The number of nitrogens with zero attached hydrogens (tertiary/aromatic N) is 1. The van der Waals surface area contributed by atoms with Crippen molar-refractivity contribution in [3.63, 3.8) is 0 Å². The molecule has 0 atom stereocenters. The number of rotatable bonds is 5. The zero-order chi connectivity index (χ0) is 17.1. The highest BCUT2D eigenvalue weighted by Gasteiger charge is 2.27. The first-order chi connectivity index (χ1) is 11.6. The lowest BCUT2D eigenvalue weighted by Gasteiger charge is -2.10. The maximum absolute atomic E-state index is 11.8. The Morgan fingerprint density at radius 2 is 2.21 bits per heavy atom. The SMILES string of the molecule is CCOC(=O)c1ccc(Oc2ccc3c(c2)COB3O)nc1OC. The van der Waals surface area contributed by atoms with Crippen molar-refractivity contribution in [2.45, 2.75) is 13.5 Å². The molecule has 1 aromatic carbocycles. The number of methoxy groups -OCH3 is 1. The molecule has 2 aromatic rings. The van der Waals surface area contributed by atoms with E-state index in [2.05, 4.69) is 4.98 Å². The van der Waals surface area contributed by atoms with E-state index in [-0.39, 0.29) is 23.9 Å². The van der Waals surface area contributed by atoms with Crippen LogP contribution in [0.1, 0.15) is 22.8 Å². The first kappa shape index (κ1) is 16.3. The molecule has 24 heavy (non-hydrogen) atoms. The first-order valence-corrected chi connectivity index (χ1v) is 7.45. The van der Waals surface area contributed by atoms with Crippen LogP contribution in [-0.2, 0) is 16.0 Å². The molecule has 0 fully saturated rings. The third-order valence-corrected chi connectivity index (χ3v) is 3.52. The van der Waals surface area contributed by atoms with Crippen molar-refractivity contribution in [3.8, 4) is 17.5 Å². The lowest BCUT2D eigenvalue weighted by Crippen LogP contribution is -2.27. The maximum Gasteiger partial charge on any atom is 0.491 e. The van der Waals surface area contributed by atoms with Gasteiger partial charge in [0.05, 0.1) is 20.3 Å². The molecule has 0 bridgehead atoms. The summed E-state index contributed by atoms with van der Waals surface area (Å²) in [6.45, 7) is 2.32. The van der Waals surface area contributed by atoms with Gasteiger partial charge in [0, 0.05) is 6.07 Å². The maximum atomic E-state index is 11.8. The predicted octanol–water partition coefficient (Wildman–Crippen LogP) is 1.28. The van der Waals surface area contributed by atoms with Crippen LogP contribution in [0.4, 0.5) is 0 Å². The van der Waals surface area contributed by atoms with Crippen LogP contribution in [0.3, 0.4) is 0 Å². The molecule has 1 aliphatic rings. The number of hydrogen-bond acceptors (Lipinski definition) is 7. The van der Waals surface area contributed by atoms with Gasteiger partial charge in [-0.15, -0.1) is 0 Å². The van der Waals surface area contributed by atoms with Crippen LogP contribution in [0.25, 0.3) is 0 Å². The molecule has 0 aliphatic carbocycles. The van der Waals surface area contributed by atoms with Crippen LogP contribution in [0.15, 0.2) is 30.3 Å². The first-order valence-electron chi connectivity index (χ1n) is 7.45. The van der Waals surface area contributed by atoms with Crippen molar-refractivity contribution >= 4 is 18.6 Å². The highest BCUT2D eigenvalue weighted by Crippen LogP contribution is 2.26. The van der Waals surface area contributed by atoms with Crippen molar-refractivity contribution in [1.29, 1.82) is 0 Å². The minimum Gasteiger partial charge on any atom is -0.480 e. The Kier molecular flexibility index (Phi) is 4.68. The monoisotopic (exact) mass is 329 g/mol. The van der Waals surface area contributed by atoms with Crippen LogP contribution in [0.2, 0.25) is 0 Å². The molecule has 0 saturated carbocycles. The van der Waals surface area contributed by atoms with Crippen LogP contribution < -0.4 is 14.9 Å². The summed E-state index contributed by atoms with van der Waals surface area (Å²) >= 11 is 0. The fourth-order valence-electron chi connectivity index (χ4n) is 2.39. The smallest absolute Gasteiger partial charge is 0.480 e. The summed E-state index contributed by atoms with van der Waals surface area (Å²) in [7, 11) is 0.527. The van der Waals surface area contributed by atoms with Gasteiger partial charge in [-0.1, -0.05) is 6.07 Å². The normalized spacial score (nSPS) is 12.7. The molecule has 7 nitrogen and oxygen atoms in total. The molecule has 0 amide bonds. The van der Waals surface area contributed by atoms with Gasteiger partial charge in [0.2, 0.25) is 11.8 Å². The summed E-state index contributed by atoms with van der Waals surface area (Å²) in [6.07, 6.45) is 0. The molecule has 8 heteroatoms. The molecule has 3 rings (SSSR count). The fraction of sp³-hybridized carbons (Fsp3) is 0.250. The standard InChI is InChI=1S/C16H16BNO6/c1-3-22-16(19)12-5-7-14(18-15(12)21-2)24-11-4-6-13-10(8-11)9-23-17(13)20/h4-8,20H,3,9H2,1-2H3. The minimum atomic E-state index is -0.892. The van der Waals surface area contributed by atoms with E-state index in [1.807, 2.05) is 0 Å². The second kappa shape index (κ2) is 6.90. The Bertz CT molecular complexity index is 766. The Labute approximate surface area is 139 Å². The van der Waals surface area contributed by atoms with Gasteiger partial charge >= 0.3 is 13.1 Å². The van der Waals surface area contributed by atoms with E-state index in [0.717, 1.165) is 11.0 Å². The zero-order valence-electron chi connectivity index (χ0n) is 13.3. The quantitative estimate of drug-likeness (QED) is 0.653. The van der Waals surface area contributed by atoms with Gasteiger partial charge in [0.25, 0.3) is 0 Å². The van der Waals surface area contributed by atoms with Crippen molar-refractivity contribution in [2.75, 3.05) is 13.7 Å². The van der Waals surface area contributed by atoms with Gasteiger partial charge in [0.15, 0.2) is 0 Å². The Morgan fingerprint density at radius 1 is 1.38 bits per heavy atom. The van der Waals surface area contributed by atoms with Gasteiger partial charge in [-0.25, -0.2) is 4.79 Å². The molecule has 2 heterocycles. The number of benzene rings is 1.